The molecular formula is C23H26BrClN2O4S. The topological polar surface area (TPSA) is 66.9 Å². The third kappa shape index (κ3) is 4.42. The number of nitrogens with zero attached hydrogens (tertiary/aromatic N) is 2. The average molecular weight is 542 g/mol. The summed E-state index contributed by atoms with van der Waals surface area (Å²) in [5.74, 6) is 0.0603. The van der Waals surface area contributed by atoms with Crippen LogP contribution >= 0.6 is 27.5 Å². The zero-order valence-electron chi connectivity index (χ0n) is 18.1. The van der Waals surface area contributed by atoms with Gasteiger partial charge < -0.3 is 9.64 Å². The van der Waals surface area contributed by atoms with Gasteiger partial charge >= 0.3 is 0 Å². The lowest BCUT2D eigenvalue weighted by molar-refractivity contribution is -0.123. The first kappa shape index (κ1) is 23.5. The minimum Gasteiger partial charge on any atom is -0.492 e. The minimum absolute atomic E-state index is 0.0109. The van der Waals surface area contributed by atoms with Crippen molar-refractivity contribution in [2.75, 3.05) is 24.6 Å². The number of halogens is 2. The van der Waals surface area contributed by atoms with Crippen molar-refractivity contribution in [1.29, 1.82) is 0 Å². The Morgan fingerprint density at radius 3 is 2.75 bits per heavy atom. The quantitative estimate of drug-likeness (QED) is 0.541. The van der Waals surface area contributed by atoms with Crippen molar-refractivity contribution in [3.8, 4) is 5.75 Å². The molecule has 2 aliphatic rings. The van der Waals surface area contributed by atoms with Crippen LogP contribution in [0.3, 0.4) is 0 Å². The van der Waals surface area contributed by atoms with Crippen molar-refractivity contribution in [2.24, 2.45) is 5.92 Å². The Morgan fingerprint density at radius 2 is 2.03 bits per heavy atom. The molecule has 0 unspecified atom stereocenters. The van der Waals surface area contributed by atoms with Crippen LogP contribution in [0.15, 0.2) is 45.8 Å². The van der Waals surface area contributed by atoms with Gasteiger partial charge in [0, 0.05) is 29.3 Å². The van der Waals surface area contributed by atoms with Crippen LogP contribution in [0.4, 0.5) is 5.69 Å². The predicted octanol–water partition coefficient (Wildman–Crippen LogP) is 4.88. The van der Waals surface area contributed by atoms with Crippen LogP contribution in [-0.4, -0.2) is 44.4 Å². The molecule has 0 radical (unpaired) electrons. The van der Waals surface area contributed by atoms with E-state index in [2.05, 4.69) is 15.9 Å². The van der Waals surface area contributed by atoms with Crippen molar-refractivity contribution >= 4 is 49.1 Å². The molecule has 6 nitrogen and oxygen atoms in total. The summed E-state index contributed by atoms with van der Waals surface area (Å²) in [5, 5.41) is 0.256. The fraction of sp³-hybridized carbons (Fsp3) is 0.435. The standard InChI is InChI=1S/C23H26BrClN2O4S/c1-3-31-22-9-7-19(13-20(22)25)32(29,30)26-10-4-5-16(14-26)23(28)27-15(2)11-17-12-18(24)6-8-21(17)27/h6-9,12-13,15-16H,3-5,10-11,14H2,1-2H3/t15-,16+/m1/s1. The molecule has 0 aromatic heterocycles. The molecule has 172 valence electrons. The molecule has 32 heavy (non-hydrogen) atoms. The number of sulfonamides is 1. The van der Waals surface area contributed by atoms with Crippen LogP contribution in [0.5, 0.6) is 5.75 Å². The molecule has 2 aromatic rings. The number of hydrogen-bond donors (Lipinski definition) is 0. The van der Waals surface area contributed by atoms with Crippen LogP contribution in [0.25, 0.3) is 0 Å². The van der Waals surface area contributed by atoms with E-state index in [0.29, 0.717) is 31.7 Å². The van der Waals surface area contributed by atoms with Crippen LogP contribution in [0, 0.1) is 5.92 Å². The molecule has 0 bridgehead atoms. The zero-order chi connectivity index (χ0) is 23.0. The van der Waals surface area contributed by atoms with Gasteiger partial charge in [0.1, 0.15) is 5.75 Å². The van der Waals surface area contributed by atoms with Gasteiger partial charge in [0.15, 0.2) is 0 Å². The first-order valence-electron chi connectivity index (χ1n) is 10.8. The number of carbonyl (C=O) groups is 1. The summed E-state index contributed by atoms with van der Waals surface area (Å²) < 4.78 is 34.4. The number of ether oxygens (including phenoxy) is 1. The largest absolute Gasteiger partial charge is 0.492 e. The summed E-state index contributed by atoms with van der Waals surface area (Å²) in [5.41, 5.74) is 2.05. The van der Waals surface area contributed by atoms with Crippen molar-refractivity contribution in [3.63, 3.8) is 0 Å². The third-order valence-corrected chi connectivity index (χ3v) is 8.72. The molecule has 1 amide bonds. The molecule has 9 heteroatoms. The Labute approximate surface area is 202 Å². The van der Waals surface area contributed by atoms with E-state index in [1.54, 1.807) is 6.07 Å². The van der Waals surface area contributed by atoms with Crippen molar-refractivity contribution in [1.82, 2.24) is 4.31 Å². The maximum atomic E-state index is 13.5. The van der Waals surface area contributed by atoms with Gasteiger partial charge in [0.2, 0.25) is 15.9 Å². The minimum atomic E-state index is -3.77. The maximum absolute atomic E-state index is 13.5. The van der Waals surface area contributed by atoms with Crippen molar-refractivity contribution in [2.45, 2.75) is 44.0 Å². The highest BCUT2D eigenvalue weighted by molar-refractivity contribution is 9.10. The molecular weight excluding hydrogens is 516 g/mol. The van der Waals surface area contributed by atoms with E-state index in [4.69, 9.17) is 16.3 Å². The number of carbonyl (C=O) groups excluding carboxylic acids is 1. The Hall–Kier alpha value is -1.61. The number of anilines is 1. The van der Waals surface area contributed by atoms with Crippen LogP contribution in [0.1, 0.15) is 32.3 Å². The first-order chi connectivity index (χ1) is 15.2. The zero-order valence-corrected chi connectivity index (χ0v) is 21.2. The fourth-order valence-corrected chi connectivity index (χ4v) is 6.82. The Balaban J connectivity index is 1.55. The second kappa shape index (κ2) is 9.33. The third-order valence-electron chi connectivity index (χ3n) is 6.07. The fourth-order valence-electron chi connectivity index (χ4n) is 4.56. The number of fused-ring (bicyclic) bond motifs is 1. The van der Waals surface area contributed by atoms with Crippen LogP contribution in [0.2, 0.25) is 5.02 Å². The maximum Gasteiger partial charge on any atom is 0.243 e. The van der Waals surface area contributed by atoms with E-state index < -0.39 is 10.0 Å². The van der Waals surface area contributed by atoms with Gasteiger partial charge in [-0.3, -0.25) is 4.79 Å². The molecule has 0 spiro atoms. The Morgan fingerprint density at radius 1 is 1.25 bits per heavy atom. The second-order valence-corrected chi connectivity index (χ2v) is 11.5. The van der Waals surface area contributed by atoms with Gasteiger partial charge in [0.25, 0.3) is 0 Å². The second-order valence-electron chi connectivity index (χ2n) is 8.26. The predicted molar refractivity (Wildman–Crippen MR) is 129 cm³/mol. The molecule has 0 saturated carbocycles. The summed E-state index contributed by atoms with van der Waals surface area (Å²) in [4.78, 5) is 15.5. The van der Waals surface area contributed by atoms with Gasteiger partial charge in [-0.25, -0.2) is 8.42 Å². The van der Waals surface area contributed by atoms with E-state index in [9.17, 15) is 13.2 Å². The molecule has 1 saturated heterocycles. The van der Waals surface area contributed by atoms with E-state index in [1.807, 2.05) is 36.9 Å². The first-order valence-corrected chi connectivity index (χ1v) is 13.4. The lowest BCUT2D eigenvalue weighted by atomic mass is 9.97. The molecule has 0 aliphatic carbocycles. The summed E-state index contributed by atoms with van der Waals surface area (Å²) in [7, 11) is -3.77. The highest BCUT2D eigenvalue weighted by Gasteiger charge is 2.39. The van der Waals surface area contributed by atoms with E-state index in [0.717, 1.165) is 22.1 Å². The number of benzene rings is 2. The molecule has 0 N–H and O–H groups in total. The lowest BCUT2D eigenvalue weighted by Crippen LogP contribution is -2.48. The van der Waals surface area contributed by atoms with E-state index >= 15 is 0 Å². The van der Waals surface area contributed by atoms with Gasteiger partial charge in [-0.2, -0.15) is 4.31 Å². The van der Waals surface area contributed by atoms with E-state index in [-0.39, 0.29) is 34.3 Å². The van der Waals surface area contributed by atoms with E-state index in [1.165, 1.54) is 16.4 Å². The molecule has 2 aromatic carbocycles. The van der Waals surface area contributed by atoms with Crippen LogP contribution < -0.4 is 9.64 Å². The molecule has 2 atom stereocenters. The van der Waals surface area contributed by atoms with Gasteiger partial charge in [-0.15, -0.1) is 0 Å². The molecule has 4 rings (SSSR count). The smallest absolute Gasteiger partial charge is 0.243 e. The van der Waals surface area contributed by atoms with Crippen molar-refractivity contribution < 1.29 is 17.9 Å². The van der Waals surface area contributed by atoms with Gasteiger partial charge in [0.05, 0.1) is 22.4 Å². The summed E-state index contributed by atoms with van der Waals surface area (Å²) >= 11 is 9.72. The van der Waals surface area contributed by atoms with Crippen molar-refractivity contribution in [3.05, 3.63) is 51.5 Å². The summed E-state index contributed by atoms with van der Waals surface area (Å²) in [6.45, 7) is 4.86. The summed E-state index contributed by atoms with van der Waals surface area (Å²) in [6, 6.07) is 10.5. The summed E-state index contributed by atoms with van der Waals surface area (Å²) in [6.07, 6.45) is 2.10. The number of rotatable bonds is 5. The number of hydrogen-bond acceptors (Lipinski definition) is 4. The molecule has 1 fully saturated rings. The average Bonchev–Trinajstić information content (AvgIpc) is 3.09. The Kier molecular flexibility index (Phi) is 6.86. The SMILES string of the molecule is CCOc1ccc(S(=O)(=O)N2CCC[C@H](C(=O)N3c4ccc(Br)cc4C[C@H]3C)C2)cc1Cl. The number of amides is 1. The monoisotopic (exact) mass is 540 g/mol. The van der Waals surface area contributed by atoms with Crippen LogP contribution in [-0.2, 0) is 21.2 Å². The normalized spacial score (nSPS) is 21.4. The lowest BCUT2D eigenvalue weighted by Gasteiger charge is -2.34. The van der Waals surface area contributed by atoms with Gasteiger partial charge in [-0.05, 0) is 75.1 Å². The Bertz CT molecular complexity index is 1140. The highest BCUT2D eigenvalue weighted by atomic mass is 79.9. The number of piperidine rings is 1. The highest BCUT2D eigenvalue weighted by Crippen LogP contribution is 2.37. The molecule has 2 aliphatic heterocycles. The molecule has 2 heterocycles. The van der Waals surface area contributed by atoms with Gasteiger partial charge in [-0.1, -0.05) is 27.5 Å².